The van der Waals surface area contributed by atoms with E-state index in [9.17, 15) is 0 Å². The molecule has 3 heterocycles. The molecule has 0 aliphatic heterocycles. The number of rotatable bonds is 5. The van der Waals surface area contributed by atoms with Gasteiger partial charge in [-0.2, -0.15) is 0 Å². The van der Waals surface area contributed by atoms with Crippen LogP contribution in [0.1, 0.15) is 10.4 Å². The largest absolute Gasteiger partial charge is 0.495 e. The van der Waals surface area contributed by atoms with Crippen molar-refractivity contribution in [3.8, 4) is 17.3 Å². The molecule has 4 rings (SSSR count). The van der Waals surface area contributed by atoms with Gasteiger partial charge in [0.25, 0.3) is 0 Å². The topological polar surface area (TPSA) is 72.8 Å². The Kier molecular flexibility index (Phi) is 4.87. The van der Waals surface area contributed by atoms with E-state index in [1.807, 2.05) is 18.2 Å². The van der Waals surface area contributed by atoms with E-state index in [0.29, 0.717) is 28.8 Å². The van der Waals surface area contributed by atoms with Gasteiger partial charge in [-0.1, -0.05) is 17.7 Å². The van der Waals surface area contributed by atoms with Gasteiger partial charge in [0, 0.05) is 23.8 Å². The smallest absolute Gasteiger partial charge is 0.183 e. The standard InChI is InChI=1S/C19H16ClN5OS/c1-11-7-13-17(23-9-12-3-4-16(26-2)14(20)8-12)24-18(25-19(13)27-11)15-10-21-5-6-22-15/h3-8,10H,9H2,1-2H3,(H,23,24,25). The normalized spacial score (nSPS) is 10.9. The zero-order valence-electron chi connectivity index (χ0n) is 14.7. The molecule has 0 saturated carbocycles. The van der Waals surface area contributed by atoms with Crippen LogP contribution in [-0.4, -0.2) is 27.0 Å². The average molecular weight is 398 g/mol. The number of anilines is 1. The summed E-state index contributed by atoms with van der Waals surface area (Å²) in [6, 6.07) is 7.80. The Morgan fingerprint density at radius 1 is 1.19 bits per heavy atom. The summed E-state index contributed by atoms with van der Waals surface area (Å²) in [5, 5.41) is 4.97. The summed E-state index contributed by atoms with van der Waals surface area (Å²) in [7, 11) is 1.60. The lowest BCUT2D eigenvalue weighted by Gasteiger charge is -2.10. The average Bonchev–Trinajstić information content (AvgIpc) is 3.07. The number of benzene rings is 1. The van der Waals surface area contributed by atoms with Gasteiger partial charge in [-0.05, 0) is 30.7 Å². The summed E-state index contributed by atoms with van der Waals surface area (Å²) in [5.74, 6) is 1.97. The lowest BCUT2D eigenvalue weighted by molar-refractivity contribution is 0.415. The first kappa shape index (κ1) is 17.6. The van der Waals surface area contributed by atoms with Crippen molar-refractivity contribution in [3.05, 3.63) is 58.3 Å². The third kappa shape index (κ3) is 3.70. The molecule has 0 amide bonds. The fourth-order valence-electron chi connectivity index (χ4n) is 2.71. The van der Waals surface area contributed by atoms with Gasteiger partial charge in [0.15, 0.2) is 5.82 Å². The van der Waals surface area contributed by atoms with Crippen molar-refractivity contribution in [3.63, 3.8) is 0 Å². The van der Waals surface area contributed by atoms with Crippen LogP contribution in [0.3, 0.4) is 0 Å². The number of hydrogen-bond acceptors (Lipinski definition) is 7. The number of hydrogen-bond donors (Lipinski definition) is 1. The highest BCUT2D eigenvalue weighted by atomic mass is 35.5. The molecule has 1 N–H and O–H groups in total. The van der Waals surface area contributed by atoms with Crippen LogP contribution in [0.15, 0.2) is 42.9 Å². The van der Waals surface area contributed by atoms with E-state index in [2.05, 4.69) is 38.2 Å². The SMILES string of the molecule is COc1ccc(CNc2nc(-c3cnccn3)nc3sc(C)cc23)cc1Cl. The molecule has 0 radical (unpaired) electrons. The van der Waals surface area contributed by atoms with Crippen molar-refractivity contribution in [2.75, 3.05) is 12.4 Å². The molecule has 0 atom stereocenters. The number of halogens is 1. The fraction of sp³-hybridized carbons (Fsp3) is 0.158. The summed E-state index contributed by atoms with van der Waals surface area (Å²) in [6.07, 6.45) is 4.92. The van der Waals surface area contributed by atoms with Gasteiger partial charge in [0.1, 0.15) is 22.1 Å². The number of nitrogens with zero attached hydrogens (tertiary/aromatic N) is 4. The molecule has 0 saturated heterocycles. The van der Waals surface area contributed by atoms with E-state index < -0.39 is 0 Å². The number of methoxy groups -OCH3 is 1. The van der Waals surface area contributed by atoms with Crippen LogP contribution in [0, 0.1) is 6.92 Å². The molecule has 0 unspecified atom stereocenters. The van der Waals surface area contributed by atoms with E-state index in [0.717, 1.165) is 21.6 Å². The Balaban J connectivity index is 1.69. The van der Waals surface area contributed by atoms with Crippen LogP contribution in [0.5, 0.6) is 5.75 Å². The first-order chi connectivity index (χ1) is 13.1. The van der Waals surface area contributed by atoms with E-state index in [1.165, 1.54) is 4.88 Å². The van der Waals surface area contributed by atoms with Crippen LogP contribution < -0.4 is 10.1 Å². The van der Waals surface area contributed by atoms with E-state index in [4.69, 9.17) is 16.3 Å². The predicted molar refractivity (Wildman–Crippen MR) is 109 cm³/mol. The molecule has 0 aliphatic rings. The van der Waals surface area contributed by atoms with Crippen molar-refractivity contribution >= 4 is 39.0 Å². The molecule has 4 aromatic rings. The lowest BCUT2D eigenvalue weighted by Crippen LogP contribution is -2.04. The van der Waals surface area contributed by atoms with Crippen LogP contribution in [0.2, 0.25) is 5.02 Å². The first-order valence-electron chi connectivity index (χ1n) is 8.25. The van der Waals surface area contributed by atoms with Gasteiger partial charge in [-0.15, -0.1) is 11.3 Å². The molecule has 0 bridgehead atoms. The number of nitrogens with one attached hydrogen (secondary N) is 1. The zero-order chi connectivity index (χ0) is 18.8. The van der Waals surface area contributed by atoms with Crippen LogP contribution in [-0.2, 0) is 6.54 Å². The monoisotopic (exact) mass is 397 g/mol. The van der Waals surface area contributed by atoms with Crippen molar-refractivity contribution in [1.82, 2.24) is 19.9 Å². The zero-order valence-corrected chi connectivity index (χ0v) is 16.3. The second-order valence-corrected chi connectivity index (χ2v) is 7.53. The van der Waals surface area contributed by atoms with Crippen molar-refractivity contribution in [2.45, 2.75) is 13.5 Å². The Hall–Kier alpha value is -2.77. The Bertz CT molecular complexity index is 1100. The third-order valence-corrected chi connectivity index (χ3v) is 5.22. The highest BCUT2D eigenvalue weighted by molar-refractivity contribution is 7.18. The second-order valence-electron chi connectivity index (χ2n) is 5.88. The van der Waals surface area contributed by atoms with Gasteiger partial charge in [0.2, 0.25) is 0 Å². The number of thiophene rings is 1. The number of aromatic nitrogens is 4. The molecule has 27 heavy (non-hydrogen) atoms. The molecule has 3 aromatic heterocycles. The molecular weight excluding hydrogens is 382 g/mol. The molecular formula is C19H16ClN5OS. The quantitative estimate of drug-likeness (QED) is 0.524. The summed E-state index contributed by atoms with van der Waals surface area (Å²) < 4.78 is 5.20. The third-order valence-electron chi connectivity index (χ3n) is 3.98. The van der Waals surface area contributed by atoms with Crippen molar-refractivity contribution in [2.24, 2.45) is 0 Å². The highest BCUT2D eigenvalue weighted by Gasteiger charge is 2.13. The molecule has 0 spiro atoms. The maximum atomic E-state index is 6.22. The highest BCUT2D eigenvalue weighted by Crippen LogP contribution is 2.31. The minimum Gasteiger partial charge on any atom is -0.495 e. The van der Waals surface area contributed by atoms with Crippen LogP contribution >= 0.6 is 22.9 Å². The van der Waals surface area contributed by atoms with Crippen molar-refractivity contribution < 1.29 is 4.74 Å². The van der Waals surface area contributed by atoms with Gasteiger partial charge < -0.3 is 10.1 Å². The van der Waals surface area contributed by atoms with Crippen molar-refractivity contribution in [1.29, 1.82) is 0 Å². The molecule has 0 aliphatic carbocycles. The summed E-state index contributed by atoms with van der Waals surface area (Å²) >= 11 is 7.85. The van der Waals surface area contributed by atoms with Gasteiger partial charge in [-0.25, -0.2) is 15.0 Å². The molecule has 0 fully saturated rings. The van der Waals surface area contributed by atoms with Crippen LogP contribution in [0.25, 0.3) is 21.7 Å². The fourth-order valence-corrected chi connectivity index (χ4v) is 3.87. The first-order valence-corrected chi connectivity index (χ1v) is 9.44. The van der Waals surface area contributed by atoms with E-state index >= 15 is 0 Å². The van der Waals surface area contributed by atoms with E-state index in [-0.39, 0.29) is 0 Å². The Morgan fingerprint density at radius 3 is 2.81 bits per heavy atom. The number of ether oxygens (including phenoxy) is 1. The summed E-state index contributed by atoms with van der Waals surface area (Å²) in [6.45, 7) is 2.63. The predicted octanol–water partition coefficient (Wildman–Crippen LogP) is 4.73. The Labute approximate surface area is 165 Å². The van der Waals surface area contributed by atoms with Gasteiger partial charge in [-0.3, -0.25) is 4.98 Å². The number of fused-ring (bicyclic) bond motifs is 1. The second kappa shape index (κ2) is 7.46. The minimum absolute atomic E-state index is 0.549. The maximum Gasteiger partial charge on any atom is 0.183 e. The summed E-state index contributed by atoms with van der Waals surface area (Å²) in [5.41, 5.74) is 1.67. The maximum absolute atomic E-state index is 6.22. The van der Waals surface area contributed by atoms with Crippen LogP contribution in [0.4, 0.5) is 5.82 Å². The van der Waals surface area contributed by atoms with Gasteiger partial charge in [0.05, 0.1) is 23.7 Å². The van der Waals surface area contributed by atoms with E-state index in [1.54, 1.807) is 37.0 Å². The molecule has 6 nitrogen and oxygen atoms in total. The molecule has 1 aromatic carbocycles. The summed E-state index contributed by atoms with van der Waals surface area (Å²) in [4.78, 5) is 19.8. The Morgan fingerprint density at radius 2 is 2.07 bits per heavy atom. The molecule has 136 valence electrons. The molecule has 8 heteroatoms. The number of aryl methyl sites for hydroxylation is 1. The van der Waals surface area contributed by atoms with Gasteiger partial charge >= 0.3 is 0 Å². The minimum atomic E-state index is 0.549. The lowest BCUT2D eigenvalue weighted by atomic mass is 10.2.